The molecule has 2 aromatic carbocycles. The number of anilines is 1. The first kappa shape index (κ1) is 21.1. The molecular weight excluding hydrogens is 364 g/mol. The van der Waals surface area contributed by atoms with E-state index in [-0.39, 0.29) is 11.8 Å². The molecule has 0 bridgehead atoms. The van der Waals surface area contributed by atoms with E-state index in [2.05, 4.69) is 12.2 Å². The summed E-state index contributed by atoms with van der Waals surface area (Å²) in [5.41, 5.74) is 3.10. The van der Waals surface area contributed by atoms with Crippen molar-refractivity contribution >= 4 is 17.5 Å². The van der Waals surface area contributed by atoms with Crippen LogP contribution < -0.4 is 10.2 Å². The van der Waals surface area contributed by atoms with E-state index in [0.717, 1.165) is 36.1 Å². The molecule has 29 heavy (non-hydrogen) atoms. The van der Waals surface area contributed by atoms with Gasteiger partial charge in [0.15, 0.2) is 0 Å². The van der Waals surface area contributed by atoms with Crippen molar-refractivity contribution in [3.63, 3.8) is 0 Å². The summed E-state index contributed by atoms with van der Waals surface area (Å²) < 4.78 is 0. The Bertz CT molecular complexity index is 866. The lowest BCUT2D eigenvalue weighted by Crippen LogP contribution is -2.55. The Morgan fingerprint density at radius 1 is 1.10 bits per heavy atom. The zero-order valence-electron chi connectivity index (χ0n) is 17.4. The Morgan fingerprint density at radius 3 is 2.52 bits per heavy atom. The van der Waals surface area contributed by atoms with Gasteiger partial charge in [-0.3, -0.25) is 9.59 Å². The molecule has 0 unspecified atom stereocenters. The number of nitrogens with one attached hydrogen (secondary N) is 1. The number of rotatable bonds is 6. The van der Waals surface area contributed by atoms with Gasteiger partial charge in [0.2, 0.25) is 5.91 Å². The van der Waals surface area contributed by atoms with E-state index < -0.39 is 18.2 Å². The highest BCUT2D eigenvalue weighted by atomic mass is 16.3. The van der Waals surface area contributed by atoms with Crippen molar-refractivity contribution in [3.05, 3.63) is 65.2 Å². The van der Waals surface area contributed by atoms with Gasteiger partial charge in [0.25, 0.3) is 5.91 Å². The number of aliphatic hydroxyl groups is 1. The third-order valence-electron chi connectivity index (χ3n) is 5.58. The summed E-state index contributed by atoms with van der Waals surface area (Å²) >= 11 is 0. The summed E-state index contributed by atoms with van der Waals surface area (Å²) in [5.74, 6) is -0.222. The Balaban J connectivity index is 1.94. The highest BCUT2D eigenvalue weighted by molar-refractivity contribution is 6.07. The summed E-state index contributed by atoms with van der Waals surface area (Å²) in [6.45, 7) is 5.89. The van der Waals surface area contributed by atoms with Crippen LogP contribution in [-0.4, -0.2) is 29.1 Å². The summed E-state index contributed by atoms with van der Waals surface area (Å²) in [4.78, 5) is 27.3. The smallest absolute Gasteiger partial charge is 0.258 e. The molecule has 0 saturated carbocycles. The van der Waals surface area contributed by atoms with E-state index in [9.17, 15) is 14.7 Å². The minimum absolute atomic E-state index is 0.0648. The average molecular weight is 395 g/mol. The van der Waals surface area contributed by atoms with Crippen LogP contribution in [0.2, 0.25) is 0 Å². The SMILES string of the molecule is CCCCCC(=O)N[C@H]1c2cc(C)ccc2N(C(=O)c2ccccc2)[C@H](C)[C@@H]1O. The molecule has 154 valence electrons. The fraction of sp³-hybridized carbons (Fsp3) is 0.417. The first-order valence-electron chi connectivity index (χ1n) is 10.4. The lowest BCUT2D eigenvalue weighted by atomic mass is 9.87. The Morgan fingerprint density at radius 2 is 1.83 bits per heavy atom. The normalized spacial score (nSPS) is 20.8. The topological polar surface area (TPSA) is 69.6 Å². The van der Waals surface area contributed by atoms with Crippen LogP contribution in [0, 0.1) is 6.92 Å². The van der Waals surface area contributed by atoms with Crippen LogP contribution in [-0.2, 0) is 4.79 Å². The van der Waals surface area contributed by atoms with Gasteiger partial charge in [0.1, 0.15) is 0 Å². The van der Waals surface area contributed by atoms with Crippen molar-refractivity contribution in [2.45, 2.75) is 64.6 Å². The Hall–Kier alpha value is -2.66. The summed E-state index contributed by atoms with van der Waals surface area (Å²) in [6.07, 6.45) is 2.44. The van der Waals surface area contributed by atoms with Crippen molar-refractivity contribution in [2.75, 3.05) is 4.90 Å². The molecule has 0 spiro atoms. The van der Waals surface area contributed by atoms with Crippen molar-refractivity contribution < 1.29 is 14.7 Å². The number of aliphatic hydroxyl groups excluding tert-OH is 1. The predicted octanol–water partition coefficient (Wildman–Crippen LogP) is 4.14. The second kappa shape index (κ2) is 9.23. The van der Waals surface area contributed by atoms with Gasteiger partial charge in [-0.1, -0.05) is 55.7 Å². The zero-order chi connectivity index (χ0) is 21.0. The van der Waals surface area contributed by atoms with Gasteiger partial charge in [0, 0.05) is 23.2 Å². The Kier molecular flexibility index (Phi) is 6.70. The van der Waals surface area contributed by atoms with Crippen LogP contribution in [0.4, 0.5) is 5.69 Å². The fourth-order valence-electron chi connectivity index (χ4n) is 3.94. The van der Waals surface area contributed by atoms with Gasteiger partial charge < -0.3 is 15.3 Å². The van der Waals surface area contributed by atoms with Crippen molar-refractivity contribution in [1.82, 2.24) is 5.32 Å². The van der Waals surface area contributed by atoms with Crippen molar-refractivity contribution in [1.29, 1.82) is 0 Å². The number of unbranched alkanes of at least 4 members (excludes halogenated alkanes) is 2. The molecule has 0 fully saturated rings. The molecule has 2 aromatic rings. The first-order chi connectivity index (χ1) is 13.9. The van der Waals surface area contributed by atoms with Crippen LogP contribution in [0.1, 0.15) is 67.1 Å². The lowest BCUT2D eigenvalue weighted by molar-refractivity contribution is -0.123. The largest absolute Gasteiger partial charge is 0.388 e. The van der Waals surface area contributed by atoms with E-state index in [1.54, 1.807) is 17.0 Å². The first-order valence-corrected chi connectivity index (χ1v) is 10.4. The summed E-state index contributed by atoms with van der Waals surface area (Å²) in [5, 5.41) is 14.1. The van der Waals surface area contributed by atoms with Gasteiger partial charge in [-0.05, 0) is 38.5 Å². The van der Waals surface area contributed by atoms with Crippen LogP contribution >= 0.6 is 0 Å². The molecule has 5 nitrogen and oxygen atoms in total. The number of nitrogens with zero attached hydrogens (tertiary/aromatic N) is 1. The molecule has 0 radical (unpaired) electrons. The van der Waals surface area contributed by atoms with Gasteiger partial charge in [-0.2, -0.15) is 0 Å². The summed E-state index contributed by atoms with van der Waals surface area (Å²) in [7, 11) is 0. The van der Waals surface area contributed by atoms with E-state index in [0.29, 0.717) is 12.0 Å². The van der Waals surface area contributed by atoms with Gasteiger partial charge in [-0.25, -0.2) is 0 Å². The molecule has 3 atom stereocenters. The monoisotopic (exact) mass is 394 g/mol. The third-order valence-corrected chi connectivity index (χ3v) is 5.58. The maximum atomic E-state index is 13.2. The highest BCUT2D eigenvalue weighted by Gasteiger charge is 2.41. The molecule has 2 N–H and O–H groups in total. The number of benzene rings is 2. The molecule has 1 aliphatic rings. The third kappa shape index (κ3) is 4.51. The number of hydrogen-bond donors (Lipinski definition) is 2. The van der Waals surface area contributed by atoms with E-state index in [1.165, 1.54) is 0 Å². The van der Waals surface area contributed by atoms with E-state index in [1.807, 2.05) is 50.2 Å². The number of hydrogen-bond acceptors (Lipinski definition) is 3. The fourth-order valence-corrected chi connectivity index (χ4v) is 3.94. The number of carbonyl (C=O) groups is 2. The summed E-state index contributed by atoms with van der Waals surface area (Å²) in [6, 6.07) is 13.9. The minimum Gasteiger partial charge on any atom is -0.388 e. The average Bonchev–Trinajstić information content (AvgIpc) is 2.72. The van der Waals surface area contributed by atoms with Crippen LogP contribution in [0.5, 0.6) is 0 Å². The molecular formula is C24H30N2O3. The second-order valence-corrected chi connectivity index (χ2v) is 7.84. The number of amides is 2. The quantitative estimate of drug-likeness (QED) is 0.724. The number of aryl methyl sites for hydroxylation is 1. The molecule has 2 amide bonds. The molecule has 0 saturated heterocycles. The van der Waals surface area contributed by atoms with Gasteiger partial charge in [0.05, 0.1) is 18.2 Å². The van der Waals surface area contributed by atoms with Crippen LogP contribution in [0.15, 0.2) is 48.5 Å². The van der Waals surface area contributed by atoms with Crippen molar-refractivity contribution in [3.8, 4) is 0 Å². The highest BCUT2D eigenvalue weighted by Crippen LogP contribution is 2.39. The minimum atomic E-state index is -0.896. The second-order valence-electron chi connectivity index (χ2n) is 7.84. The van der Waals surface area contributed by atoms with Crippen molar-refractivity contribution in [2.24, 2.45) is 0 Å². The zero-order valence-corrected chi connectivity index (χ0v) is 17.4. The van der Waals surface area contributed by atoms with E-state index in [4.69, 9.17) is 0 Å². The van der Waals surface area contributed by atoms with Crippen LogP contribution in [0.25, 0.3) is 0 Å². The predicted molar refractivity (Wildman–Crippen MR) is 115 cm³/mol. The van der Waals surface area contributed by atoms with Gasteiger partial charge in [-0.15, -0.1) is 0 Å². The maximum absolute atomic E-state index is 13.2. The Labute approximate surface area is 172 Å². The standard InChI is InChI=1S/C24H30N2O3/c1-4-5-7-12-21(27)25-22-19-15-16(2)13-14-20(19)26(17(3)23(22)28)24(29)18-10-8-6-9-11-18/h6,8-11,13-15,17,22-23,28H,4-5,7,12H2,1-3H3,(H,25,27)/t17-,22+,23+/m1/s1. The van der Waals surface area contributed by atoms with Gasteiger partial charge >= 0.3 is 0 Å². The van der Waals surface area contributed by atoms with E-state index >= 15 is 0 Å². The molecule has 1 aliphatic heterocycles. The molecule has 3 rings (SSSR count). The molecule has 5 heteroatoms. The maximum Gasteiger partial charge on any atom is 0.258 e. The number of fused-ring (bicyclic) bond motifs is 1. The molecule has 1 heterocycles. The molecule has 0 aromatic heterocycles. The lowest BCUT2D eigenvalue weighted by Gasteiger charge is -2.43. The number of carbonyl (C=O) groups excluding carboxylic acids is 2. The van der Waals surface area contributed by atoms with Crippen LogP contribution in [0.3, 0.4) is 0 Å². The molecule has 0 aliphatic carbocycles.